The number of methoxy groups -OCH3 is 2. The van der Waals surface area contributed by atoms with Gasteiger partial charge in [0.05, 0.1) is 19.9 Å². The summed E-state index contributed by atoms with van der Waals surface area (Å²) in [7, 11) is 3.21. The Kier molecular flexibility index (Phi) is 4.02. The number of hydrogen-bond donors (Lipinski definition) is 1. The third-order valence-electron chi connectivity index (χ3n) is 3.86. The smallest absolute Gasteiger partial charge is 0.229 e. The van der Waals surface area contributed by atoms with E-state index in [9.17, 15) is 4.79 Å². The van der Waals surface area contributed by atoms with Crippen LogP contribution in [-0.2, 0) is 4.79 Å². The summed E-state index contributed by atoms with van der Waals surface area (Å²) in [5.74, 6) is 2.04. The van der Waals surface area contributed by atoms with E-state index < -0.39 is 0 Å². The Morgan fingerprint density at radius 1 is 1.32 bits per heavy atom. The predicted octanol–water partition coefficient (Wildman–Crippen LogP) is 3.42. The molecule has 1 aromatic carbocycles. The monoisotopic (exact) mass is 318 g/mol. The van der Waals surface area contributed by atoms with Gasteiger partial charge in [0.1, 0.15) is 0 Å². The molecule has 22 heavy (non-hydrogen) atoms. The van der Waals surface area contributed by atoms with Crippen LogP contribution in [0.3, 0.4) is 0 Å². The molecule has 2 atom stereocenters. The van der Waals surface area contributed by atoms with E-state index in [4.69, 9.17) is 9.47 Å². The van der Waals surface area contributed by atoms with Gasteiger partial charge in [0, 0.05) is 16.9 Å². The molecule has 0 radical (unpaired) electrons. The van der Waals surface area contributed by atoms with Crippen molar-refractivity contribution < 1.29 is 14.3 Å². The summed E-state index contributed by atoms with van der Waals surface area (Å²) in [6.45, 7) is 2.08. The molecule has 1 aliphatic rings. The predicted molar refractivity (Wildman–Crippen MR) is 86.6 cm³/mol. The number of hydrogen-bond acceptors (Lipinski definition) is 5. The van der Waals surface area contributed by atoms with E-state index in [1.807, 2.05) is 23.6 Å². The van der Waals surface area contributed by atoms with Gasteiger partial charge in [-0.25, -0.2) is 4.98 Å². The third kappa shape index (κ3) is 2.92. The first-order chi connectivity index (χ1) is 10.6. The number of rotatable bonds is 5. The van der Waals surface area contributed by atoms with Crippen LogP contribution in [0, 0.1) is 11.8 Å². The average molecular weight is 318 g/mol. The summed E-state index contributed by atoms with van der Waals surface area (Å²) in [5, 5.41) is 5.45. The largest absolute Gasteiger partial charge is 0.493 e. The maximum absolute atomic E-state index is 11.9. The molecule has 1 amide bonds. The normalized spacial score (nSPS) is 19.6. The second kappa shape index (κ2) is 5.96. The van der Waals surface area contributed by atoms with Crippen LogP contribution < -0.4 is 14.8 Å². The van der Waals surface area contributed by atoms with Gasteiger partial charge >= 0.3 is 0 Å². The molecule has 1 heterocycles. The van der Waals surface area contributed by atoms with E-state index in [1.54, 1.807) is 14.2 Å². The van der Waals surface area contributed by atoms with Crippen LogP contribution in [0.25, 0.3) is 11.3 Å². The summed E-state index contributed by atoms with van der Waals surface area (Å²) in [6, 6.07) is 5.64. The molecule has 2 aromatic rings. The minimum Gasteiger partial charge on any atom is -0.493 e. The number of anilines is 1. The first kappa shape index (κ1) is 14.8. The molecular formula is C16H18N2O3S. The van der Waals surface area contributed by atoms with Crippen LogP contribution in [0.1, 0.15) is 13.3 Å². The average Bonchev–Trinajstić information content (AvgIpc) is 3.09. The molecule has 0 aliphatic heterocycles. The Bertz CT molecular complexity index is 698. The van der Waals surface area contributed by atoms with Gasteiger partial charge in [-0.15, -0.1) is 11.3 Å². The lowest BCUT2D eigenvalue weighted by Gasteiger charge is -2.08. The maximum Gasteiger partial charge on any atom is 0.229 e. The zero-order chi connectivity index (χ0) is 15.7. The van der Waals surface area contributed by atoms with Crippen LogP contribution in [0.5, 0.6) is 11.5 Å². The lowest BCUT2D eigenvalue weighted by Crippen LogP contribution is -2.14. The molecule has 6 heteroatoms. The third-order valence-corrected chi connectivity index (χ3v) is 4.62. The van der Waals surface area contributed by atoms with Crippen LogP contribution in [0.2, 0.25) is 0 Å². The number of aromatic nitrogens is 1. The van der Waals surface area contributed by atoms with Crippen molar-refractivity contribution in [2.24, 2.45) is 11.8 Å². The van der Waals surface area contributed by atoms with Gasteiger partial charge in [0.15, 0.2) is 16.6 Å². The molecule has 1 aromatic heterocycles. The number of amides is 1. The first-order valence-electron chi connectivity index (χ1n) is 7.11. The van der Waals surface area contributed by atoms with Gasteiger partial charge in [-0.2, -0.15) is 0 Å². The number of nitrogens with zero attached hydrogens (tertiary/aromatic N) is 1. The SMILES string of the molecule is COc1ccc(-c2csc(NC(=O)C3CC3C)n2)cc1OC. The minimum atomic E-state index is 0.0701. The zero-order valence-electron chi connectivity index (χ0n) is 12.8. The molecule has 0 bridgehead atoms. The Labute approximate surface area is 133 Å². The summed E-state index contributed by atoms with van der Waals surface area (Å²) in [6.07, 6.45) is 0.972. The molecule has 2 unspecified atom stereocenters. The van der Waals surface area contributed by atoms with Gasteiger partial charge < -0.3 is 14.8 Å². The van der Waals surface area contributed by atoms with Gasteiger partial charge in [-0.3, -0.25) is 4.79 Å². The van der Waals surface area contributed by atoms with Crippen molar-refractivity contribution in [1.29, 1.82) is 0 Å². The van der Waals surface area contributed by atoms with E-state index in [1.165, 1.54) is 11.3 Å². The first-order valence-corrected chi connectivity index (χ1v) is 7.99. The molecule has 0 spiro atoms. The van der Waals surface area contributed by atoms with Gasteiger partial charge in [-0.05, 0) is 30.5 Å². The number of benzene rings is 1. The molecule has 1 fully saturated rings. The second-order valence-corrected chi connectivity index (χ2v) is 6.27. The van der Waals surface area contributed by atoms with Crippen molar-refractivity contribution in [3.63, 3.8) is 0 Å². The minimum absolute atomic E-state index is 0.0701. The van der Waals surface area contributed by atoms with Gasteiger partial charge in [0.25, 0.3) is 0 Å². The highest BCUT2D eigenvalue weighted by Crippen LogP contribution is 2.39. The van der Waals surface area contributed by atoms with Crippen molar-refractivity contribution in [3.05, 3.63) is 23.6 Å². The Morgan fingerprint density at radius 3 is 2.68 bits per heavy atom. The Hall–Kier alpha value is -2.08. The fourth-order valence-electron chi connectivity index (χ4n) is 2.34. The quantitative estimate of drug-likeness (QED) is 0.917. The van der Waals surface area contributed by atoms with E-state index >= 15 is 0 Å². The lowest BCUT2D eigenvalue weighted by atomic mass is 10.1. The summed E-state index contributed by atoms with van der Waals surface area (Å²) < 4.78 is 10.5. The Balaban J connectivity index is 1.77. The van der Waals surface area contributed by atoms with E-state index in [0.717, 1.165) is 17.7 Å². The number of nitrogens with one attached hydrogen (secondary N) is 1. The standard InChI is InChI=1S/C16H18N2O3S/c1-9-6-11(9)15(19)18-16-17-12(8-22-16)10-4-5-13(20-2)14(7-10)21-3/h4-5,7-9,11H,6H2,1-3H3,(H,17,18,19). The van der Waals surface area contributed by atoms with E-state index in [2.05, 4.69) is 17.2 Å². The highest BCUT2D eigenvalue weighted by molar-refractivity contribution is 7.14. The molecule has 0 saturated heterocycles. The molecule has 1 aliphatic carbocycles. The molecule has 116 valence electrons. The summed E-state index contributed by atoms with van der Waals surface area (Å²) in [5.41, 5.74) is 1.74. The fourth-order valence-corrected chi connectivity index (χ4v) is 3.07. The van der Waals surface area contributed by atoms with Crippen molar-refractivity contribution in [1.82, 2.24) is 4.98 Å². The highest BCUT2D eigenvalue weighted by Gasteiger charge is 2.39. The molecule has 1 N–H and O–H groups in total. The Morgan fingerprint density at radius 2 is 2.05 bits per heavy atom. The molecule has 1 saturated carbocycles. The van der Waals surface area contributed by atoms with Crippen molar-refractivity contribution in [2.75, 3.05) is 19.5 Å². The molecular weight excluding hydrogens is 300 g/mol. The van der Waals surface area contributed by atoms with E-state index in [0.29, 0.717) is 22.5 Å². The number of thiazole rings is 1. The fraction of sp³-hybridized carbons (Fsp3) is 0.375. The van der Waals surface area contributed by atoms with Crippen molar-refractivity contribution >= 4 is 22.4 Å². The lowest BCUT2D eigenvalue weighted by molar-refractivity contribution is -0.117. The van der Waals surface area contributed by atoms with Crippen LogP contribution in [0.15, 0.2) is 23.6 Å². The van der Waals surface area contributed by atoms with Gasteiger partial charge in [-0.1, -0.05) is 6.92 Å². The van der Waals surface area contributed by atoms with E-state index in [-0.39, 0.29) is 11.8 Å². The van der Waals surface area contributed by atoms with Crippen LogP contribution >= 0.6 is 11.3 Å². The van der Waals surface area contributed by atoms with Crippen molar-refractivity contribution in [3.8, 4) is 22.8 Å². The number of ether oxygens (including phenoxy) is 2. The highest BCUT2D eigenvalue weighted by atomic mass is 32.1. The topological polar surface area (TPSA) is 60.5 Å². The number of carbonyl (C=O) groups excluding carboxylic acids is 1. The number of carbonyl (C=O) groups is 1. The van der Waals surface area contributed by atoms with Crippen LogP contribution in [0.4, 0.5) is 5.13 Å². The van der Waals surface area contributed by atoms with Crippen molar-refractivity contribution in [2.45, 2.75) is 13.3 Å². The molecule has 5 nitrogen and oxygen atoms in total. The van der Waals surface area contributed by atoms with Gasteiger partial charge in [0.2, 0.25) is 5.91 Å². The summed E-state index contributed by atoms with van der Waals surface area (Å²) in [4.78, 5) is 16.4. The maximum atomic E-state index is 11.9. The zero-order valence-corrected chi connectivity index (χ0v) is 13.6. The summed E-state index contributed by atoms with van der Waals surface area (Å²) >= 11 is 1.43. The van der Waals surface area contributed by atoms with Crippen LogP contribution in [-0.4, -0.2) is 25.1 Å². The molecule has 3 rings (SSSR count). The second-order valence-electron chi connectivity index (χ2n) is 5.42.